The summed E-state index contributed by atoms with van der Waals surface area (Å²) in [4.78, 5) is 39.0. The lowest BCUT2D eigenvalue weighted by atomic mass is 10.1. The van der Waals surface area contributed by atoms with E-state index in [1.165, 1.54) is 0 Å². The molecular weight excluding hydrogens is 282 g/mol. The molecule has 10 heteroatoms. The first-order valence-electron chi connectivity index (χ1n) is 5.66. The van der Waals surface area contributed by atoms with Gasteiger partial charge < -0.3 is 24.5 Å². The lowest BCUT2D eigenvalue weighted by Gasteiger charge is -2.39. The Balaban J connectivity index is 3.04. The number of nitrogens with one attached hydrogen (secondary N) is 1. The fraction of sp³-hybridized carbons (Fsp3) is 1.00. The topological polar surface area (TPSA) is 130 Å². The highest BCUT2D eigenvalue weighted by Gasteiger charge is 2.60. The summed E-state index contributed by atoms with van der Waals surface area (Å²) >= 11 is 0. The Bertz CT molecular complexity index is 350. The Kier molecular flexibility index (Phi) is 5.14. The quantitative estimate of drug-likeness (QED) is 0.438. The molecule has 1 heterocycles. The van der Waals surface area contributed by atoms with Gasteiger partial charge in [-0.2, -0.15) is 0 Å². The summed E-state index contributed by atoms with van der Waals surface area (Å²) in [6, 6.07) is 0. The van der Waals surface area contributed by atoms with Gasteiger partial charge in [-0.3, -0.25) is 14.4 Å². The largest absolute Gasteiger partial charge is 0.359 e. The predicted molar refractivity (Wildman–Crippen MR) is 66.2 cm³/mol. The van der Waals surface area contributed by atoms with Crippen LogP contribution in [0.2, 0.25) is 0 Å². The molecule has 0 atom stereocenters. The number of rotatable bonds is 5. The molecule has 0 aliphatic carbocycles. The average Bonchev–Trinajstić information content (AvgIpc) is 2.23. The first kappa shape index (κ1) is 16.3. The van der Waals surface area contributed by atoms with Gasteiger partial charge >= 0.3 is 15.2 Å². The van der Waals surface area contributed by atoms with E-state index in [-0.39, 0.29) is 6.54 Å². The molecule has 0 radical (unpaired) electrons. The molecule has 8 nitrogen and oxygen atoms in total. The van der Waals surface area contributed by atoms with Crippen molar-refractivity contribution in [3.63, 3.8) is 0 Å². The van der Waals surface area contributed by atoms with Gasteiger partial charge in [-0.25, -0.2) is 0 Å². The van der Waals surface area contributed by atoms with E-state index in [1.54, 1.807) is 4.90 Å². The molecule has 1 aliphatic rings. The van der Waals surface area contributed by atoms with Gasteiger partial charge in [0.15, 0.2) is 0 Å². The number of hydrogen-bond acceptors (Lipinski definition) is 4. The van der Waals surface area contributed by atoms with Gasteiger partial charge in [-0.1, -0.05) is 6.42 Å². The molecule has 1 rings (SSSR count). The maximum atomic E-state index is 11.5. The molecule has 0 bridgehead atoms. The zero-order chi connectivity index (χ0) is 14.0. The molecule has 1 saturated heterocycles. The van der Waals surface area contributed by atoms with Crippen molar-refractivity contribution in [3.8, 4) is 0 Å². The van der Waals surface area contributed by atoms with Crippen molar-refractivity contribution in [1.29, 1.82) is 0 Å². The van der Waals surface area contributed by atoms with Gasteiger partial charge in [0.2, 0.25) is 5.02 Å². The number of likely N-dealkylation sites (tertiary alicyclic amines) is 1. The van der Waals surface area contributed by atoms with E-state index in [2.05, 4.69) is 5.32 Å². The van der Waals surface area contributed by atoms with Crippen molar-refractivity contribution >= 4 is 15.2 Å². The second-order valence-electron chi connectivity index (χ2n) is 4.49. The van der Waals surface area contributed by atoms with Crippen LogP contribution in [-0.2, 0) is 9.13 Å². The Labute approximate surface area is 106 Å². The molecule has 0 aromatic rings. The molecular formula is C8H20N2O6P2. The normalized spacial score (nSPS) is 20.1. The fourth-order valence-electron chi connectivity index (χ4n) is 2.15. The predicted octanol–water partition coefficient (Wildman–Crippen LogP) is -0.299. The summed E-state index contributed by atoms with van der Waals surface area (Å²) in [5.74, 6) is 0. The highest BCUT2D eigenvalue weighted by atomic mass is 31.2. The minimum absolute atomic E-state index is 0.363. The lowest BCUT2D eigenvalue weighted by molar-refractivity contribution is 0.188. The third-order valence-electron chi connectivity index (χ3n) is 3.26. The van der Waals surface area contributed by atoms with Crippen LogP contribution in [0.25, 0.3) is 0 Å². The molecule has 0 aromatic heterocycles. The number of hydrogen-bond donors (Lipinski definition) is 5. The highest BCUT2D eigenvalue weighted by molar-refractivity contribution is 7.72. The molecule has 0 unspecified atom stereocenters. The molecule has 5 N–H and O–H groups in total. The first-order chi connectivity index (χ1) is 8.14. The van der Waals surface area contributed by atoms with Crippen LogP contribution in [0, 0.1) is 0 Å². The van der Waals surface area contributed by atoms with Crippen molar-refractivity contribution in [2.24, 2.45) is 0 Å². The summed E-state index contributed by atoms with van der Waals surface area (Å²) in [6.45, 7) is 0.810. The monoisotopic (exact) mass is 302 g/mol. The number of piperidine rings is 1. The van der Waals surface area contributed by atoms with Crippen molar-refractivity contribution in [3.05, 3.63) is 0 Å². The standard InChI is InChI=1S/C8H20N2O6P2/c1-9-8(17(11,12)13,18(14,15)16)7-10-5-3-2-4-6-10/h9H,2-7H2,1H3,(H2,11,12,13)(H2,14,15,16). The third kappa shape index (κ3) is 3.21. The Morgan fingerprint density at radius 2 is 1.50 bits per heavy atom. The summed E-state index contributed by atoms with van der Waals surface area (Å²) in [5, 5.41) is -0.342. The van der Waals surface area contributed by atoms with Gasteiger partial charge in [-0.05, 0) is 33.0 Å². The van der Waals surface area contributed by atoms with E-state index < -0.39 is 20.2 Å². The maximum absolute atomic E-state index is 11.5. The van der Waals surface area contributed by atoms with Crippen LogP contribution >= 0.6 is 15.2 Å². The molecule has 1 fully saturated rings. The average molecular weight is 302 g/mol. The first-order valence-corrected chi connectivity index (χ1v) is 8.89. The smallest absolute Gasteiger partial charge is 0.323 e. The highest BCUT2D eigenvalue weighted by Crippen LogP contribution is 2.67. The third-order valence-corrected chi connectivity index (χ3v) is 7.48. The van der Waals surface area contributed by atoms with Crippen molar-refractivity contribution in [1.82, 2.24) is 10.2 Å². The minimum Gasteiger partial charge on any atom is -0.323 e. The van der Waals surface area contributed by atoms with Crippen molar-refractivity contribution in [2.75, 3.05) is 26.7 Å². The van der Waals surface area contributed by atoms with Crippen LogP contribution in [0.3, 0.4) is 0 Å². The Hall–Kier alpha value is 0.220. The van der Waals surface area contributed by atoms with Crippen LogP contribution in [0.5, 0.6) is 0 Å². The Morgan fingerprint density at radius 1 is 1.06 bits per heavy atom. The number of nitrogens with zero attached hydrogens (tertiary/aromatic N) is 1. The molecule has 0 amide bonds. The lowest BCUT2D eigenvalue weighted by Crippen LogP contribution is -2.52. The summed E-state index contributed by atoms with van der Waals surface area (Å²) in [7, 11) is -8.87. The summed E-state index contributed by atoms with van der Waals surface area (Å²) in [6.07, 6.45) is 2.75. The molecule has 18 heavy (non-hydrogen) atoms. The van der Waals surface area contributed by atoms with E-state index >= 15 is 0 Å². The molecule has 0 aromatic carbocycles. The van der Waals surface area contributed by atoms with Gasteiger partial charge in [0, 0.05) is 6.54 Å². The molecule has 0 saturated carbocycles. The molecule has 108 valence electrons. The van der Waals surface area contributed by atoms with Gasteiger partial charge in [0.1, 0.15) is 0 Å². The van der Waals surface area contributed by atoms with Crippen molar-refractivity contribution in [2.45, 2.75) is 24.3 Å². The van der Waals surface area contributed by atoms with Crippen LogP contribution in [0.4, 0.5) is 0 Å². The summed E-state index contributed by atoms with van der Waals surface area (Å²) in [5.41, 5.74) is 0. The second kappa shape index (κ2) is 5.69. The van der Waals surface area contributed by atoms with Crippen LogP contribution in [0.1, 0.15) is 19.3 Å². The minimum atomic E-state index is -5.01. The van der Waals surface area contributed by atoms with E-state index in [4.69, 9.17) is 0 Å². The maximum Gasteiger partial charge on any atom is 0.359 e. The molecule has 0 spiro atoms. The Morgan fingerprint density at radius 3 is 1.83 bits per heavy atom. The van der Waals surface area contributed by atoms with Crippen LogP contribution in [-0.4, -0.2) is 56.2 Å². The van der Waals surface area contributed by atoms with Crippen molar-refractivity contribution < 1.29 is 28.7 Å². The zero-order valence-electron chi connectivity index (χ0n) is 10.2. The zero-order valence-corrected chi connectivity index (χ0v) is 12.0. The van der Waals surface area contributed by atoms with Crippen LogP contribution < -0.4 is 5.32 Å². The van der Waals surface area contributed by atoms with E-state index in [1.807, 2.05) is 0 Å². The van der Waals surface area contributed by atoms with E-state index in [9.17, 15) is 28.7 Å². The SMILES string of the molecule is CNC(CN1CCCCC1)(P(=O)(O)O)P(=O)(O)O. The van der Waals surface area contributed by atoms with Gasteiger partial charge in [0.05, 0.1) is 0 Å². The second-order valence-corrected chi connectivity index (χ2v) is 8.55. The molecule has 1 aliphatic heterocycles. The number of likely N-dealkylation sites (N-methyl/N-ethyl adjacent to an activating group) is 1. The van der Waals surface area contributed by atoms with Gasteiger partial charge in [-0.15, -0.1) is 0 Å². The van der Waals surface area contributed by atoms with E-state index in [0.29, 0.717) is 13.1 Å². The van der Waals surface area contributed by atoms with E-state index in [0.717, 1.165) is 26.3 Å². The van der Waals surface area contributed by atoms with Crippen LogP contribution in [0.15, 0.2) is 0 Å². The summed E-state index contributed by atoms with van der Waals surface area (Å²) < 4.78 is 23.0. The fourth-order valence-corrected chi connectivity index (χ4v) is 4.86. The van der Waals surface area contributed by atoms with Gasteiger partial charge in [0.25, 0.3) is 0 Å².